The molecule has 0 radical (unpaired) electrons. The minimum absolute atomic E-state index is 0.0924. The molecule has 0 saturated heterocycles. The van der Waals surface area contributed by atoms with Gasteiger partial charge in [-0.3, -0.25) is 4.79 Å². The molecule has 170 valence electrons. The van der Waals surface area contributed by atoms with Gasteiger partial charge in [0.1, 0.15) is 30.5 Å². The Morgan fingerprint density at radius 3 is 2.06 bits per heavy atom. The van der Waals surface area contributed by atoms with Crippen LogP contribution in [0.15, 0.2) is 108 Å². The number of hydrazone groups is 1. The van der Waals surface area contributed by atoms with Crippen LogP contribution in [-0.2, 0) is 13.2 Å². The minimum atomic E-state index is -0.384. The maximum Gasteiger partial charge on any atom is 0.271 e. The topological polar surface area (TPSA) is 80.2 Å². The predicted octanol–water partition coefficient (Wildman–Crippen LogP) is 5.31. The van der Waals surface area contributed by atoms with E-state index in [0.717, 1.165) is 11.1 Å². The number of nitrogens with one attached hydrogen (secondary N) is 1. The van der Waals surface area contributed by atoms with Crippen molar-refractivity contribution >= 4 is 12.1 Å². The second-order valence-electron chi connectivity index (χ2n) is 7.49. The molecule has 0 unspecified atom stereocenters. The monoisotopic (exact) mass is 452 g/mol. The zero-order chi connectivity index (χ0) is 23.6. The molecule has 4 aromatic rings. The Morgan fingerprint density at radius 2 is 1.41 bits per heavy atom. The fraction of sp³-hybridized carbons (Fsp3) is 0.0714. The second-order valence-corrected chi connectivity index (χ2v) is 7.49. The average molecular weight is 453 g/mol. The van der Waals surface area contributed by atoms with E-state index >= 15 is 0 Å². The van der Waals surface area contributed by atoms with Crippen LogP contribution in [0, 0.1) is 0 Å². The molecule has 6 heteroatoms. The summed E-state index contributed by atoms with van der Waals surface area (Å²) >= 11 is 0. The smallest absolute Gasteiger partial charge is 0.271 e. The number of hydrogen-bond donors (Lipinski definition) is 2. The van der Waals surface area contributed by atoms with E-state index in [2.05, 4.69) is 10.5 Å². The van der Waals surface area contributed by atoms with Crippen molar-refractivity contribution in [3.63, 3.8) is 0 Å². The number of rotatable bonds is 9. The van der Waals surface area contributed by atoms with E-state index in [0.29, 0.717) is 35.8 Å². The van der Waals surface area contributed by atoms with Crippen molar-refractivity contribution < 1.29 is 19.4 Å². The molecule has 4 rings (SSSR count). The lowest BCUT2D eigenvalue weighted by atomic mass is 10.2. The van der Waals surface area contributed by atoms with Gasteiger partial charge < -0.3 is 14.6 Å². The first-order chi connectivity index (χ1) is 16.7. The lowest BCUT2D eigenvalue weighted by Gasteiger charge is -2.12. The summed E-state index contributed by atoms with van der Waals surface area (Å²) in [5.74, 6) is 0.954. The molecule has 6 nitrogen and oxygen atoms in total. The molecule has 0 aliphatic heterocycles. The Labute approximate surface area is 198 Å². The van der Waals surface area contributed by atoms with Gasteiger partial charge in [-0.2, -0.15) is 5.10 Å². The van der Waals surface area contributed by atoms with Crippen molar-refractivity contribution in [1.29, 1.82) is 0 Å². The Kier molecular flexibility index (Phi) is 7.54. The van der Waals surface area contributed by atoms with Crippen LogP contribution in [0.1, 0.15) is 27.0 Å². The van der Waals surface area contributed by atoms with Crippen LogP contribution in [0.25, 0.3) is 0 Å². The van der Waals surface area contributed by atoms with E-state index in [4.69, 9.17) is 9.47 Å². The van der Waals surface area contributed by atoms with Gasteiger partial charge in [0.05, 0.1) is 6.21 Å². The van der Waals surface area contributed by atoms with Crippen molar-refractivity contribution in [2.45, 2.75) is 13.2 Å². The fourth-order valence-electron chi connectivity index (χ4n) is 3.15. The molecule has 0 bridgehead atoms. The number of ether oxygens (including phenoxy) is 2. The molecule has 0 saturated carbocycles. The van der Waals surface area contributed by atoms with Gasteiger partial charge in [0, 0.05) is 17.2 Å². The number of carbonyl (C=O) groups is 1. The zero-order valence-electron chi connectivity index (χ0n) is 18.4. The summed E-state index contributed by atoms with van der Waals surface area (Å²) in [6.45, 7) is 0.818. The van der Waals surface area contributed by atoms with E-state index < -0.39 is 0 Å². The van der Waals surface area contributed by atoms with Crippen LogP contribution in [0.4, 0.5) is 0 Å². The summed E-state index contributed by atoms with van der Waals surface area (Å²) in [5.41, 5.74) is 5.66. The molecule has 1 amide bonds. The Morgan fingerprint density at radius 1 is 0.794 bits per heavy atom. The van der Waals surface area contributed by atoms with Crippen LogP contribution in [-0.4, -0.2) is 17.2 Å². The Balaban J connectivity index is 1.47. The third-order valence-electron chi connectivity index (χ3n) is 4.97. The number of carbonyl (C=O) groups excluding carboxylic acids is 1. The minimum Gasteiger partial charge on any atom is -0.508 e. The van der Waals surface area contributed by atoms with Crippen molar-refractivity contribution in [1.82, 2.24) is 5.43 Å². The molecule has 0 spiro atoms. The number of aromatic hydroxyl groups is 1. The first-order valence-corrected chi connectivity index (χ1v) is 10.8. The highest BCUT2D eigenvalue weighted by atomic mass is 16.5. The Hall–Kier alpha value is -4.58. The van der Waals surface area contributed by atoms with Crippen LogP contribution in [0.2, 0.25) is 0 Å². The number of phenols is 1. The molecular weight excluding hydrogens is 428 g/mol. The molecule has 0 heterocycles. The standard InChI is InChI=1S/C28H24N2O4/c31-25-14-11-23(12-15-25)28(32)30-29-18-24-13-16-26(33-19-21-7-3-1-4-8-21)17-27(24)34-20-22-9-5-2-6-10-22/h1-18,31H,19-20H2,(H,30,32)/b29-18-. The number of phenolic OH excluding ortho intramolecular Hbond substituents is 1. The van der Waals surface area contributed by atoms with E-state index in [1.54, 1.807) is 0 Å². The molecule has 0 aromatic heterocycles. The van der Waals surface area contributed by atoms with Crippen molar-refractivity contribution in [2.24, 2.45) is 5.10 Å². The second kappa shape index (κ2) is 11.3. The van der Waals surface area contributed by atoms with Crippen LogP contribution in [0.5, 0.6) is 17.2 Å². The summed E-state index contributed by atoms with van der Waals surface area (Å²) < 4.78 is 12.0. The molecular formula is C28H24N2O4. The summed E-state index contributed by atoms with van der Waals surface area (Å²) in [4.78, 5) is 12.3. The highest BCUT2D eigenvalue weighted by Gasteiger charge is 2.08. The number of benzene rings is 4. The van der Waals surface area contributed by atoms with Gasteiger partial charge in [0.25, 0.3) is 5.91 Å². The van der Waals surface area contributed by atoms with E-state index in [1.807, 2.05) is 78.9 Å². The first kappa shape index (κ1) is 22.6. The Bertz CT molecular complexity index is 1240. The van der Waals surface area contributed by atoms with Crippen LogP contribution >= 0.6 is 0 Å². The van der Waals surface area contributed by atoms with Crippen molar-refractivity contribution in [2.75, 3.05) is 0 Å². The normalized spacial score (nSPS) is 10.7. The predicted molar refractivity (Wildman–Crippen MR) is 131 cm³/mol. The summed E-state index contributed by atoms with van der Waals surface area (Å²) in [7, 11) is 0. The SMILES string of the molecule is O=C(N/N=C\c1ccc(OCc2ccccc2)cc1OCc1ccccc1)c1ccc(O)cc1. The van der Waals surface area contributed by atoms with Gasteiger partial charge in [-0.05, 0) is 47.5 Å². The van der Waals surface area contributed by atoms with Crippen LogP contribution < -0.4 is 14.9 Å². The third kappa shape index (κ3) is 6.46. The largest absolute Gasteiger partial charge is 0.508 e. The van der Waals surface area contributed by atoms with Gasteiger partial charge in [-0.1, -0.05) is 60.7 Å². The molecule has 0 fully saturated rings. The van der Waals surface area contributed by atoms with E-state index in [1.165, 1.54) is 30.5 Å². The quantitative estimate of drug-likeness (QED) is 0.266. The zero-order valence-corrected chi connectivity index (χ0v) is 18.4. The van der Waals surface area contributed by atoms with Gasteiger partial charge in [-0.25, -0.2) is 5.43 Å². The highest BCUT2D eigenvalue weighted by molar-refractivity contribution is 5.95. The summed E-state index contributed by atoms with van der Waals surface area (Å²) in [6, 6.07) is 31.2. The molecule has 4 aromatic carbocycles. The van der Waals surface area contributed by atoms with E-state index in [9.17, 15) is 9.90 Å². The van der Waals surface area contributed by atoms with Gasteiger partial charge in [0.15, 0.2) is 0 Å². The fourth-order valence-corrected chi connectivity index (χ4v) is 3.15. The average Bonchev–Trinajstić information content (AvgIpc) is 2.88. The van der Waals surface area contributed by atoms with Gasteiger partial charge in [0.2, 0.25) is 0 Å². The number of nitrogens with zero attached hydrogens (tertiary/aromatic N) is 1. The van der Waals surface area contributed by atoms with Crippen molar-refractivity contribution in [3.8, 4) is 17.2 Å². The number of hydrogen-bond acceptors (Lipinski definition) is 5. The molecule has 2 N–H and O–H groups in total. The van der Waals surface area contributed by atoms with Gasteiger partial charge in [-0.15, -0.1) is 0 Å². The maximum atomic E-state index is 12.3. The number of amides is 1. The maximum absolute atomic E-state index is 12.3. The first-order valence-electron chi connectivity index (χ1n) is 10.8. The summed E-state index contributed by atoms with van der Waals surface area (Å²) in [6.07, 6.45) is 1.53. The van der Waals surface area contributed by atoms with E-state index in [-0.39, 0.29) is 11.7 Å². The summed E-state index contributed by atoms with van der Waals surface area (Å²) in [5, 5.41) is 13.4. The lowest BCUT2D eigenvalue weighted by molar-refractivity contribution is 0.0955. The van der Waals surface area contributed by atoms with Crippen molar-refractivity contribution in [3.05, 3.63) is 125 Å². The van der Waals surface area contributed by atoms with Gasteiger partial charge >= 0.3 is 0 Å². The highest BCUT2D eigenvalue weighted by Crippen LogP contribution is 2.25. The molecule has 0 aliphatic carbocycles. The lowest BCUT2D eigenvalue weighted by Crippen LogP contribution is -2.17. The van der Waals surface area contributed by atoms with Crippen LogP contribution in [0.3, 0.4) is 0 Å². The molecule has 0 aliphatic rings. The molecule has 34 heavy (non-hydrogen) atoms. The third-order valence-corrected chi connectivity index (χ3v) is 4.97. The molecule has 0 atom stereocenters.